The highest BCUT2D eigenvalue weighted by Gasteiger charge is 2.71. The molecule has 0 unspecified atom stereocenters. The number of rotatable bonds is 7. The normalized spacial score (nSPS) is 35.6. The standard InChI is InChI=1S/C31H38O8/c1-7-18(2)13-14-30(6)19(3)15-26(34)31-24(28(36-20(4)32)39-29(31)37-21(5)33)16-23(17-25(30)31)38-27(35)22-11-9-8-10-12-22/h7-13,16,19,23,25-26,28-29,34H,1,14-15,17H2,2-6H3/t19-,23+,25+,26-,28-,29-,30+,31-/m0/s1. The Labute approximate surface area is 229 Å². The van der Waals surface area contributed by atoms with Crippen molar-refractivity contribution >= 4 is 17.9 Å². The maximum Gasteiger partial charge on any atom is 0.338 e. The van der Waals surface area contributed by atoms with Gasteiger partial charge in [0.1, 0.15) is 6.10 Å². The highest BCUT2D eigenvalue weighted by Crippen LogP contribution is 2.67. The van der Waals surface area contributed by atoms with E-state index in [1.165, 1.54) is 13.8 Å². The Hall–Kier alpha value is -3.23. The van der Waals surface area contributed by atoms with E-state index < -0.39 is 53.5 Å². The van der Waals surface area contributed by atoms with Gasteiger partial charge < -0.3 is 19.3 Å². The second-order valence-electron chi connectivity index (χ2n) is 11.2. The first-order valence-electron chi connectivity index (χ1n) is 13.4. The molecule has 8 nitrogen and oxygen atoms in total. The summed E-state index contributed by atoms with van der Waals surface area (Å²) < 4.78 is 23.3. The van der Waals surface area contributed by atoms with Crippen LogP contribution in [0.2, 0.25) is 0 Å². The van der Waals surface area contributed by atoms with Crippen LogP contribution in [0.3, 0.4) is 0 Å². The van der Waals surface area contributed by atoms with Crippen LogP contribution in [0.25, 0.3) is 0 Å². The van der Waals surface area contributed by atoms with Gasteiger partial charge in [-0.3, -0.25) is 14.3 Å². The Bertz CT molecular complexity index is 1190. The van der Waals surface area contributed by atoms with Crippen molar-refractivity contribution in [2.45, 2.75) is 78.7 Å². The third-order valence-corrected chi connectivity index (χ3v) is 8.85. The zero-order chi connectivity index (χ0) is 28.5. The molecule has 1 aliphatic heterocycles. The highest BCUT2D eigenvalue weighted by atomic mass is 16.8. The zero-order valence-electron chi connectivity index (χ0n) is 23.2. The fourth-order valence-corrected chi connectivity index (χ4v) is 6.65. The Morgan fingerprint density at radius 3 is 2.36 bits per heavy atom. The Kier molecular flexibility index (Phi) is 8.19. The van der Waals surface area contributed by atoms with Gasteiger partial charge in [-0.25, -0.2) is 4.79 Å². The molecular weight excluding hydrogens is 500 g/mol. The molecule has 0 aromatic heterocycles. The average molecular weight is 539 g/mol. The molecule has 0 amide bonds. The molecule has 1 heterocycles. The fourth-order valence-electron chi connectivity index (χ4n) is 6.65. The number of hydrogen-bond acceptors (Lipinski definition) is 8. The van der Waals surface area contributed by atoms with Gasteiger partial charge in [-0.2, -0.15) is 0 Å². The lowest BCUT2D eigenvalue weighted by Crippen LogP contribution is -2.63. The fraction of sp³-hybridized carbons (Fsp3) is 0.516. The minimum atomic E-state index is -1.20. The summed E-state index contributed by atoms with van der Waals surface area (Å²) in [6.45, 7) is 12.6. The molecule has 1 saturated heterocycles. The number of aliphatic hydroxyl groups is 1. The first-order valence-corrected chi connectivity index (χ1v) is 13.4. The number of benzene rings is 1. The van der Waals surface area contributed by atoms with E-state index in [4.69, 9.17) is 18.9 Å². The Balaban J connectivity index is 1.87. The molecule has 2 aliphatic carbocycles. The molecule has 210 valence electrons. The number of carbonyl (C=O) groups is 3. The van der Waals surface area contributed by atoms with Crippen molar-refractivity contribution in [1.29, 1.82) is 0 Å². The van der Waals surface area contributed by atoms with Gasteiger partial charge in [0.05, 0.1) is 17.1 Å². The predicted molar refractivity (Wildman–Crippen MR) is 143 cm³/mol. The monoisotopic (exact) mass is 538 g/mol. The topological polar surface area (TPSA) is 108 Å². The van der Waals surface area contributed by atoms with Crippen LogP contribution in [0.1, 0.15) is 64.2 Å². The van der Waals surface area contributed by atoms with E-state index >= 15 is 0 Å². The summed E-state index contributed by atoms with van der Waals surface area (Å²) in [6, 6.07) is 8.70. The molecule has 1 saturated carbocycles. The Morgan fingerprint density at radius 2 is 1.74 bits per heavy atom. The van der Waals surface area contributed by atoms with E-state index in [1.807, 2.05) is 13.0 Å². The van der Waals surface area contributed by atoms with Gasteiger partial charge in [0.25, 0.3) is 0 Å². The van der Waals surface area contributed by atoms with E-state index in [0.29, 0.717) is 30.4 Å². The van der Waals surface area contributed by atoms with Crippen LogP contribution in [-0.4, -0.2) is 47.8 Å². The first-order chi connectivity index (χ1) is 18.4. The lowest BCUT2D eigenvalue weighted by atomic mass is 9.45. The van der Waals surface area contributed by atoms with Gasteiger partial charge >= 0.3 is 17.9 Å². The van der Waals surface area contributed by atoms with Gasteiger partial charge in [0, 0.05) is 19.4 Å². The van der Waals surface area contributed by atoms with Crippen molar-refractivity contribution < 1.29 is 38.4 Å². The largest absolute Gasteiger partial charge is 0.455 e. The number of esters is 3. The molecule has 1 spiro atoms. The van der Waals surface area contributed by atoms with Crippen molar-refractivity contribution in [2.75, 3.05) is 0 Å². The molecule has 1 aromatic carbocycles. The summed E-state index contributed by atoms with van der Waals surface area (Å²) in [5, 5.41) is 11.8. The summed E-state index contributed by atoms with van der Waals surface area (Å²) in [6.07, 6.45) is 2.97. The zero-order valence-corrected chi connectivity index (χ0v) is 23.2. The van der Waals surface area contributed by atoms with E-state index in [2.05, 4.69) is 26.5 Å². The van der Waals surface area contributed by atoms with Crippen molar-refractivity contribution in [3.05, 3.63) is 71.8 Å². The molecule has 8 atom stereocenters. The van der Waals surface area contributed by atoms with Gasteiger partial charge in [0.2, 0.25) is 12.6 Å². The second kappa shape index (κ2) is 11.1. The van der Waals surface area contributed by atoms with E-state index in [-0.39, 0.29) is 11.8 Å². The van der Waals surface area contributed by atoms with Crippen LogP contribution in [0.5, 0.6) is 0 Å². The predicted octanol–water partition coefficient (Wildman–Crippen LogP) is 4.88. The summed E-state index contributed by atoms with van der Waals surface area (Å²) in [5.41, 5.74) is 0.251. The van der Waals surface area contributed by atoms with Crippen molar-refractivity contribution in [1.82, 2.24) is 0 Å². The quantitative estimate of drug-likeness (QED) is 0.226. The number of carbonyl (C=O) groups excluding carboxylic acids is 3. The SMILES string of the molecule is C=CC(C)=CC[C@@]1(C)[C@H]2C[C@H](OC(=O)c3ccccc3)C=C3[C@@H](OC(C)=O)O[C@H](OC(C)=O)[C@@]32[C@@H](O)C[C@@H]1C. The maximum atomic E-state index is 13.1. The molecule has 4 rings (SSSR count). The summed E-state index contributed by atoms with van der Waals surface area (Å²) >= 11 is 0. The van der Waals surface area contributed by atoms with E-state index in [9.17, 15) is 19.5 Å². The summed E-state index contributed by atoms with van der Waals surface area (Å²) in [4.78, 5) is 37.4. The number of ether oxygens (including phenoxy) is 4. The number of aliphatic hydroxyl groups excluding tert-OH is 1. The van der Waals surface area contributed by atoms with Crippen LogP contribution in [0.4, 0.5) is 0 Å². The van der Waals surface area contributed by atoms with Gasteiger partial charge in [-0.15, -0.1) is 0 Å². The molecule has 3 aliphatic rings. The summed E-state index contributed by atoms with van der Waals surface area (Å²) in [5.74, 6) is -1.98. The van der Waals surface area contributed by atoms with Crippen LogP contribution in [0.15, 0.2) is 66.3 Å². The third kappa shape index (κ3) is 5.20. The second-order valence-corrected chi connectivity index (χ2v) is 11.2. The molecule has 1 N–H and O–H groups in total. The maximum absolute atomic E-state index is 13.1. The van der Waals surface area contributed by atoms with Gasteiger partial charge in [0.15, 0.2) is 0 Å². The Morgan fingerprint density at radius 1 is 1.08 bits per heavy atom. The molecule has 1 aromatic rings. The number of allylic oxidation sites excluding steroid dienone is 3. The van der Waals surface area contributed by atoms with Crippen LogP contribution in [0, 0.1) is 22.7 Å². The number of hydrogen-bond donors (Lipinski definition) is 1. The lowest BCUT2D eigenvalue weighted by molar-refractivity contribution is -0.253. The molecule has 8 heteroatoms. The molecule has 0 radical (unpaired) electrons. The first kappa shape index (κ1) is 28.8. The summed E-state index contributed by atoms with van der Waals surface area (Å²) in [7, 11) is 0. The lowest BCUT2D eigenvalue weighted by Gasteiger charge is -2.60. The van der Waals surface area contributed by atoms with Crippen LogP contribution in [-0.2, 0) is 28.5 Å². The van der Waals surface area contributed by atoms with Crippen molar-refractivity contribution in [2.24, 2.45) is 22.7 Å². The molecule has 39 heavy (non-hydrogen) atoms. The third-order valence-electron chi connectivity index (χ3n) is 8.85. The highest BCUT2D eigenvalue weighted by molar-refractivity contribution is 5.89. The van der Waals surface area contributed by atoms with Gasteiger partial charge in [-0.05, 0) is 61.6 Å². The molecule has 2 fully saturated rings. The van der Waals surface area contributed by atoms with E-state index in [1.54, 1.807) is 36.4 Å². The average Bonchev–Trinajstić information content (AvgIpc) is 3.18. The van der Waals surface area contributed by atoms with E-state index in [0.717, 1.165) is 5.57 Å². The minimum absolute atomic E-state index is 0.0487. The van der Waals surface area contributed by atoms with Gasteiger partial charge in [-0.1, -0.05) is 56.4 Å². The smallest absolute Gasteiger partial charge is 0.338 e. The van der Waals surface area contributed by atoms with Crippen LogP contribution < -0.4 is 0 Å². The molecular formula is C31H38O8. The minimum Gasteiger partial charge on any atom is -0.455 e. The van der Waals surface area contributed by atoms with Crippen LogP contribution >= 0.6 is 0 Å². The van der Waals surface area contributed by atoms with Crippen molar-refractivity contribution in [3.63, 3.8) is 0 Å². The molecule has 0 bridgehead atoms. The van der Waals surface area contributed by atoms with Crippen molar-refractivity contribution in [3.8, 4) is 0 Å².